The van der Waals surface area contributed by atoms with Gasteiger partial charge >= 0.3 is 0 Å². The van der Waals surface area contributed by atoms with Gasteiger partial charge in [0.25, 0.3) is 5.91 Å². The lowest BCUT2D eigenvalue weighted by Gasteiger charge is -2.35. The number of thiazole rings is 1. The molecule has 5 rings (SSSR count). The van der Waals surface area contributed by atoms with Crippen LogP contribution < -0.4 is 4.90 Å². The van der Waals surface area contributed by atoms with Crippen LogP contribution in [0.3, 0.4) is 0 Å². The summed E-state index contributed by atoms with van der Waals surface area (Å²) in [6, 6.07) is 10.7. The van der Waals surface area contributed by atoms with Gasteiger partial charge in [0.15, 0.2) is 0 Å². The van der Waals surface area contributed by atoms with Crippen LogP contribution in [0, 0.1) is 5.82 Å². The Labute approximate surface area is 177 Å². The first-order valence-corrected chi connectivity index (χ1v) is 10.6. The van der Waals surface area contributed by atoms with E-state index in [2.05, 4.69) is 9.97 Å². The molecule has 1 aliphatic rings. The number of aryl methyl sites for hydroxylation is 1. The maximum absolute atomic E-state index is 14.0. The number of halogens is 1. The second-order valence-corrected chi connectivity index (χ2v) is 8.15. The third-order valence-corrected chi connectivity index (χ3v) is 6.32. The van der Waals surface area contributed by atoms with Gasteiger partial charge in [-0.05, 0) is 24.3 Å². The maximum atomic E-state index is 14.0. The summed E-state index contributed by atoms with van der Waals surface area (Å²) in [7, 11) is 1.95. The molecule has 4 aromatic rings. The first-order valence-electron chi connectivity index (χ1n) is 9.76. The normalized spacial score (nSPS) is 14.5. The Morgan fingerprint density at radius 2 is 1.90 bits per heavy atom. The van der Waals surface area contributed by atoms with Gasteiger partial charge in [0.05, 0.1) is 5.69 Å². The molecule has 0 bridgehead atoms. The van der Waals surface area contributed by atoms with E-state index in [4.69, 9.17) is 0 Å². The van der Waals surface area contributed by atoms with Crippen molar-refractivity contribution in [2.45, 2.75) is 0 Å². The lowest BCUT2D eigenvalue weighted by molar-refractivity contribution is 0.0741. The molecule has 4 heterocycles. The summed E-state index contributed by atoms with van der Waals surface area (Å²) >= 11 is 1.46. The minimum absolute atomic E-state index is 0.0796. The fourth-order valence-electron chi connectivity index (χ4n) is 3.90. The summed E-state index contributed by atoms with van der Waals surface area (Å²) in [5.41, 5.74) is 2.91. The standard InChI is InChI=1S/C22H20FN5OS/c1-26-13-16(15-5-4-8-24-20(15)26)21-25-18(14-30-21)22(29)28-11-9-27(10-12-28)19-7-3-2-6-17(19)23/h2-8,13-14H,9-12H2,1H3. The van der Waals surface area contributed by atoms with E-state index in [0.717, 1.165) is 21.6 Å². The van der Waals surface area contributed by atoms with E-state index in [9.17, 15) is 9.18 Å². The fraction of sp³-hybridized carbons (Fsp3) is 0.227. The summed E-state index contributed by atoms with van der Waals surface area (Å²) in [6.45, 7) is 2.27. The molecule has 0 spiro atoms. The van der Waals surface area contributed by atoms with Gasteiger partial charge in [0.2, 0.25) is 0 Å². The van der Waals surface area contributed by atoms with E-state index < -0.39 is 0 Å². The van der Waals surface area contributed by atoms with E-state index in [1.807, 2.05) is 46.3 Å². The largest absolute Gasteiger partial charge is 0.366 e. The lowest BCUT2D eigenvalue weighted by Crippen LogP contribution is -2.49. The Morgan fingerprint density at radius 1 is 1.10 bits per heavy atom. The molecule has 0 saturated carbocycles. The summed E-state index contributed by atoms with van der Waals surface area (Å²) in [5.74, 6) is -0.310. The molecule has 0 radical (unpaired) electrons. The minimum Gasteiger partial charge on any atom is -0.366 e. The van der Waals surface area contributed by atoms with Gasteiger partial charge < -0.3 is 14.4 Å². The summed E-state index contributed by atoms with van der Waals surface area (Å²) in [5, 5.41) is 3.64. The number of para-hydroxylation sites is 1. The first-order chi connectivity index (χ1) is 14.6. The maximum Gasteiger partial charge on any atom is 0.273 e. The molecule has 1 aromatic carbocycles. The zero-order chi connectivity index (χ0) is 20.7. The van der Waals surface area contributed by atoms with E-state index >= 15 is 0 Å². The second-order valence-electron chi connectivity index (χ2n) is 7.30. The number of carbonyl (C=O) groups is 1. The molecule has 1 fully saturated rings. The highest BCUT2D eigenvalue weighted by Gasteiger charge is 2.25. The van der Waals surface area contributed by atoms with Crippen molar-refractivity contribution in [2.75, 3.05) is 31.1 Å². The Kier molecular flexibility index (Phi) is 4.71. The number of piperazine rings is 1. The van der Waals surface area contributed by atoms with Crippen LogP contribution in [-0.2, 0) is 7.05 Å². The van der Waals surface area contributed by atoms with Crippen molar-refractivity contribution in [2.24, 2.45) is 7.05 Å². The number of amides is 1. The highest BCUT2D eigenvalue weighted by Crippen LogP contribution is 2.31. The number of fused-ring (bicyclic) bond motifs is 1. The highest BCUT2D eigenvalue weighted by molar-refractivity contribution is 7.13. The number of anilines is 1. The molecule has 0 unspecified atom stereocenters. The average Bonchev–Trinajstić information content (AvgIpc) is 3.39. The number of benzene rings is 1. The van der Waals surface area contributed by atoms with E-state index in [-0.39, 0.29) is 11.7 Å². The van der Waals surface area contributed by atoms with Crippen molar-refractivity contribution in [1.29, 1.82) is 0 Å². The molecule has 0 aliphatic carbocycles. The van der Waals surface area contributed by atoms with Gasteiger partial charge in [-0.3, -0.25) is 4.79 Å². The van der Waals surface area contributed by atoms with Crippen LogP contribution in [0.2, 0.25) is 0 Å². The first kappa shape index (κ1) is 18.7. The Hall–Kier alpha value is -3.26. The number of carbonyl (C=O) groups excluding carboxylic acids is 1. The average molecular weight is 422 g/mol. The van der Waals surface area contributed by atoms with Crippen molar-refractivity contribution >= 4 is 34.0 Å². The van der Waals surface area contributed by atoms with Crippen molar-refractivity contribution in [3.8, 4) is 10.6 Å². The van der Waals surface area contributed by atoms with Crippen LogP contribution in [-0.4, -0.2) is 51.5 Å². The summed E-state index contributed by atoms with van der Waals surface area (Å²) in [4.78, 5) is 25.8. The van der Waals surface area contributed by atoms with E-state index in [0.29, 0.717) is 37.6 Å². The molecule has 1 saturated heterocycles. The Bertz CT molecular complexity index is 1230. The number of pyridine rings is 1. The Morgan fingerprint density at radius 3 is 2.70 bits per heavy atom. The topological polar surface area (TPSA) is 54.3 Å². The summed E-state index contributed by atoms with van der Waals surface area (Å²) in [6.07, 6.45) is 3.77. The highest BCUT2D eigenvalue weighted by atomic mass is 32.1. The van der Waals surface area contributed by atoms with Crippen LogP contribution in [0.15, 0.2) is 54.2 Å². The van der Waals surface area contributed by atoms with Crippen LogP contribution in [0.25, 0.3) is 21.6 Å². The third kappa shape index (κ3) is 3.23. The van der Waals surface area contributed by atoms with Gasteiger partial charge in [0.1, 0.15) is 22.2 Å². The van der Waals surface area contributed by atoms with E-state index in [1.54, 1.807) is 23.2 Å². The second kappa shape index (κ2) is 7.53. The van der Waals surface area contributed by atoms with Crippen molar-refractivity contribution < 1.29 is 9.18 Å². The van der Waals surface area contributed by atoms with Crippen LogP contribution >= 0.6 is 11.3 Å². The number of aromatic nitrogens is 3. The monoisotopic (exact) mass is 421 g/mol. The molecule has 30 heavy (non-hydrogen) atoms. The molecule has 0 N–H and O–H groups in total. The number of hydrogen-bond acceptors (Lipinski definition) is 5. The van der Waals surface area contributed by atoms with Gasteiger partial charge in [0, 0.05) is 62.0 Å². The molecule has 1 amide bonds. The van der Waals surface area contributed by atoms with Crippen LogP contribution in [0.1, 0.15) is 10.5 Å². The zero-order valence-corrected chi connectivity index (χ0v) is 17.3. The number of hydrogen-bond donors (Lipinski definition) is 0. The lowest BCUT2D eigenvalue weighted by atomic mass is 10.2. The molecule has 1 aliphatic heterocycles. The van der Waals surface area contributed by atoms with Crippen LogP contribution in [0.4, 0.5) is 10.1 Å². The number of nitrogens with zero attached hydrogens (tertiary/aromatic N) is 5. The molecular formula is C22H20FN5OS. The Balaban J connectivity index is 1.32. The minimum atomic E-state index is -0.231. The van der Waals surface area contributed by atoms with Gasteiger partial charge in [-0.2, -0.15) is 0 Å². The summed E-state index contributed by atoms with van der Waals surface area (Å²) < 4.78 is 16.0. The van der Waals surface area contributed by atoms with Crippen molar-refractivity contribution in [3.05, 3.63) is 65.7 Å². The smallest absolute Gasteiger partial charge is 0.273 e. The van der Waals surface area contributed by atoms with Crippen molar-refractivity contribution in [3.63, 3.8) is 0 Å². The van der Waals surface area contributed by atoms with Gasteiger partial charge in [-0.25, -0.2) is 14.4 Å². The molecule has 8 heteroatoms. The third-order valence-electron chi connectivity index (χ3n) is 5.45. The molecule has 3 aromatic heterocycles. The van der Waals surface area contributed by atoms with E-state index in [1.165, 1.54) is 17.4 Å². The van der Waals surface area contributed by atoms with Crippen molar-refractivity contribution in [1.82, 2.24) is 19.4 Å². The number of rotatable bonds is 3. The quantitative estimate of drug-likeness (QED) is 0.505. The predicted molar refractivity (Wildman–Crippen MR) is 116 cm³/mol. The van der Waals surface area contributed by atoms with Gasteiger partial charge in [-0.15, -0.1) is 11.3 Å². The molecular weight excluding hydrogens is 401 g/mol. The predicted octanol–water partition coefficient (Wildman–Crippen LogP) is 3.80. The molecule has 6 nitrogen and oxygen atoms in total. The zero-order valence-electron chi connectivity index (χ0n) is 16.5. The fourth-order valence-corrected chi connectivity index (χ4v) is 4.72. The van der Waals surface area contributed by atoms with Gasteiger partial charge in [-0.1, -0.05) is 12.1 Å². The van der Waals surface area contributed by atoms with Crippen LogP contribution in [0.5, 0.6) is 0 Å². The SMILES string of the molecule is Cn1cc(-c2nc(C(=O)N3CCN(c4ccccc4F)CC3)cs2)c2cccnc21. The molecule has 152 valence electrons. The molecule has 0 atom stereocenters.